The molecule has 0 atom stereocenters. The molecule has 1 rings (SSSR count). The van der Waals surface area contributed by atoms with Gasteiger partial charge in [-0.2, -0.15) is 0 Å². The van der Waals surface area contributed by atoms with Crippen molar-refractivity contribution in [2.24, 2.45) is 5.92 Å². The summed E-state index contributed by atoms with van der Waals surface area (Å²) in [5.41, 5.74) is 0. The van der Waals surface area contributed by atoms with Crippen molar-refractivity contribution < 1.29 is 9.53 Å². The van der Waals surface area contributed by atoms with Crippen molar-refractivity contribution >= 4 is 5.97 Å². The Balaban J connectivity index is 2.14. The van der Waals surface area contributed by atoms with Crippen LogP contribution in [0.4, 0.5) is 0 Å². The van der Waals surface area contributed by atoms with Crippen LogP contribution in [0.5, 0.6) is 0 Å². The topological polar surface area (TPSA) is 26.3 Å². The fourth-order valence-electron chi connectivity index (χ4n) is 1.91. The molecule has 0 heterocycles. The van der Waals surface area contributed by atoms with Crippen molar-refractivity contribution in [2.75, 3.05) is 6.61 Å². The van der Waals surface area contributed by atoms with Gasteiger partial charge in [-0.25, -0.2) is 4.79 Å². The van der Waals surface area contributed by atoms with Gasteiger partial charge in [-0.05, 0) is 25.2 Å². The Kier molecular flexibility index (Phi) is 6.14. The molecule has 1 aliphatic rings. The molecule has 2 nitrogen and oxygen atoms in total. The van der Waals surface area contributed by atoms with Gasteiger partial charge in [0.2, 0.25) is 0 Å². The summed E-state index contributed by atoms with van der Waals surface area (Å²) >= 11 is 0. The maximum absolute atomic E-state index is 11.3. The van der Waals surface area contributed by atoms with Gasteiger partial charge in [-0.1, -0.05) is 38.7 Å². The lowest BCUT2D eigenvalue weighted by Crippen LogP contribution is -2.06. The van der Waals surface area contributed by atoms with Crippen molar-refractivity contribution in [2.45, 2.75) is 51.9 Å². The Bertz CT molecular complexity index is 203. The summed E-state index contributed by atoms with van der Waals surface area (Å²) in [6.07, 6.45) is 12.1. The van der Waals surface area contributed by atoms with E-state index in [1.807, 2.05) is 6.08 Å². The first-order valence-corrected chi connectivity index (χ1v) is 6.18. The van der Waals surface area contributed by atoms with Gasteiger partial charge in [-0.15, -0.1) is 0 Å². The average Bonchev–Trinajstić information content (AvgIpc) is 2.28. The summed E-state index contributed by atoms with van der Waals surface area (Å²) in [7, 11) is 0. The summed E-state index contributed by atoms with van der Waals surface area (Å²) in [5.74, 6) is 0.437. The SMILES string of the molecule is CCCCOC(=O)/C=C\C1CCCCC1. The summed E-state index contributed by atoms with van der Waals surface area (Å²) < 4.78 is 5.05. The van der Waals surface area contributed by atoms with Gasteiger partial charge in [0.15, 0.2) is 0 Å². The van der Waals surface area contributed by atoms with Crippen LogP contribution < -0.4 is 0 Å². The molecule has 0 aromatic heterocycles. The Hall–Kier alpha value is -0.790. The van der Waals surface area contributed by atoms with Gasteiger partial charge < -0.3 is 4.74 Å². The molecule has 0 unspecified atom stereocenters. The highest BCUT2D eigenvalue weighted by molar-refractivity contribution is 5.81. The summed E-state index contributed by atoms with van der Waals surface area (Å²) in [4.78, 5) is 11.3. The number of allylic oxidation sites excluding steroid dienone is 1. The molecule has 1 aliphatic carbocycles. The zero-order valence-electron chi connectivity index (χ0n) is 9.71. The first-order chi connectivity index (χ1) is 7.33. The van der Waals surface area contributed by atoms with Crippen molar-refractivity contribution in [3.8, 4) is 0 Å². The standard InChI is InChI=1S/C13H22O2/c1-2-3-11-15-13(14)10-9-12-7-5-4-6-8-12/h9-10,12H,2-8,11H2,1H3/b10-9-. The maximum Gasteiger partial charge on any atom is 0.330 e. The highest BCUT2D eigenvalue weighted by atomic mass is 16.5. The molecule has 0 aromatic rings. The van der Waals surface area contributed by atoms with E-state index in [0.29, 0.717) is 12.5 Å². The van der Waals surface area contributed by atoms with Crippen LogP contribution in [0, 0.1) is 5.92 Å². The number of carbonyl (C=O) groups excluding carboxylic acids is 1. The number of hydrogen-bond donors (Lipinski definition) is 0. The third-order valence-electron chi connectivity index (χ3n) is 2.90. The van der Waals surface area contributed by atoms with Crippen LogP contribution in [0.3, 0.4) is 0 Å². The molecule has 0 radical (unpaired) electrons. The molecule has 2 heteroatoms. The van der Waals surface area contributed by atoms with Gasteiger partial charge in [-0.3, -0.25) is 0 Å². The maximum atomic E-state index is 11.3. The smallest absolute Gasteiger partial charge is 0.330 e. The van der Waals surface area contributed by atoms with Gasteiger partial charge in [0, 0.05) is 6.08 Å². The fraction of sp³-hybridized carbons (Fsp3) is 0.769. The van der Waals surface area contributed by atoms with Crippen LogP contribution >= 0.6 is 0 Å². The minimum atomic E-state index is -0.172. The molecule has 0 aromatic carbocycles. The molecule has 86 valence electrons. The number of hydrogen-bond acceptors (Lipinski definition) is 2. The second-order valence-electron chi connectivity index (χ2n) is 4.28. The molecule has 0 N–H and O–H groups in total. The van der Waals surface area contributed by atoms with E-state index >= 15 is 0 Å². The van der Waals surface area contributed by atoms with Gasteiger partial charge in [0.25, 0.3) is 0 Å². The molecule has 1 saturated carbocycles. The van der Waals surface area contributed by atoms with E-state index in [2.05, 4.69) is 6.92 Å². The highest BCUT2D eigenvalue weighted by Gasteiger charge is 2.10. The van der Waals surface area contributed by atoms with Crippen molar-refractivity contribution in [3.63, 3.8) is 0 Å². The first kappa shape index (κ1) is 12.3. The minimum absolute atomic E-state index is 0.172. The second-order valence-corrected chi connectivity index (χ2v) is 4.28. The third kappa shape index (κ3) is 5.60. The van der Waals surface area contributed by atoms with E-state index < -0.39 is 0 Å². The van der Waals surface area contributed by atoms with Crippen molar-refractivity contribution in [3.05, 3.63) is 12.2 Å². The van der Waals surface area contributed by atoms with Crippen molar-refractivity contribution in [1.29, 1.82) is 0 Å². The predicted molar refractivity (Wildman–Crippen MR) is 61.6 cm³/mol. The van der Waals surface area contributed by atoms with Crippen LogP contribution in [-0.4, -0.2) is 12.6 Å². The molecule has 1 fully saturated rings. The minimum Gasteiger partial charge on any atom is -0.463 e. The third-order valence-corrected chi connectivity index (χ3v) is 2.90. The Morgan fingerprint density at radius 2 is 2.07 bits per heavy atom. The predicted octanol–water partition coefficient (Wildman–Crippen LogP) is 3.47. The normalized spacial score (nSPS) is 18.2. The lowest BCUT2D eigenvalue weighted by atomic mass is 9.89. The van der Waals surface area contributed by atoms with E-state index in [1.165, 1.54) is 32.1 Å². The zero-order chi connectivity index (χ0) is 10.9. The highest BCUT2D eigenvalue weighted by Crippen LogP contribution is 2.24. The molecule has 0 amide bonds. The molecular weight excluding hydrogens is 188 g/mol. The Labute approximate surface area is 92.7 Å². The van der Waals surface area contributed by atoms with Crippen LogP contribution in [0.25, 0.3) is 0 Å². The number of unbranched alkanes of at least 4 members (excludes halogenated alkanes) is 1. The lowest BCUT2D eigenvalue weighted by Gasteiger charge is -2.17. The largest absolute Gasteiger partial charge is 0.463 e. The van der Waals surface area contributed by atoms with E-state index in [1.54, 1.807) is 6.08 Å². The summed E-state index contributed by atoms with van der Waals surface area (Å²) in [6, 6.07) is 0. The average molecular weight is 210 g/mol. The molecule has 0 bridgehead atoms. The zero-order valence-corrected chi connectivity index (χ0v) is 9.71. The van der Waals surface area contributed by atoms with E-state index in [9.17, 15) is 4.79 Å². The quantitative estimate of drug-likeness (QED) is 0.394. The Morgan fingerprint density at radius 3 is 2.73 bits per heavy atom. The fourth-order valence-corrected chi connectivity index (χ4v) is 1.91. The summed E-state index contributed by atoms with van der Waals surface area (Å²) in [6.45, 7) is 2.65. The van der Waals surface area contributed by atoms with Crippen LogP contribution in [0.2, 0.25) is 0 Å². The van der Waals surface area contributed by atoms with Gasteiger partial charge in [0.1, 0.15) is 0 Å². The van der Waals surface area contributed by atoms with Crippen LogP contribution in [0.1, 0.15) is 51.9 Å². The molecule has 15 heavy (non-hydrogen) atoms. The van der Waals surface area contributed by atoms with Crippen LogP contribution in [0.15, 0.2) is 12.2 Å². The number of esters is 1. The van der Waals surface area contributed by atoms with E-state index in [0.717, 1.165) is 12.8 Å². The van der Waals surface area contributed by atoms with Crippen LogP contribution in [-0.2, 0) is 9.53 Å². The van der Waals surface area contributed by atoms with Gasteiger partial charge in [0.05, 0.1) is 6.61 Å². The number of rotatable bonds is 5. The molecule has 0 saturated heterocycles. The lowest BCUT2D eigenvalue weighted by molar-refractivity contribution is -0.137. The number of ether oxygens (including phenoxy) is 1. The second kappa shape index (κ2) is 7.49. The Morgan fingerprint density at radius 1 is 1.33 bits per heavy atom. The monoisotopic (exact) mass is 210 g/mol. The van der Waals surface area contributed by atoms with E-state index in [-0.39, 0.29) is 5.97 Å². The first-order valence-electron chi connectivity index (χ1n) is 6.18. The van der Waals surface area contributed by atoms with Gasteiger partial charge >= 0.3 is 5.97 Å². The van der Waals surface area contributed by atoms with Crippen molar-refractivity contribution in [1.82, 2.24) is 0 Å². The number of carbonyl (C=O) groups is 1. The molecule has 0 aliphatic heterocycles. The molecule has 0 spiro atoms. The molecular formula is C13H22O2. The summed E-state index contributed by atoms with van der Waals surface area (Å²) in [5, 5.41) is 0. The van der Waals surface area contributed by atoms with E-state index in [4.69, 9.17) is 4.74 Å².